The van der Waals surface area contributed by atoms with Crippen molar-refractivity contribution < 1.29 is 32.6 Å². The number of aromatic nitrogens is 2. The number of nitrogens with zero attached hydrogens (tertiary/aromatic N) is 2. The summed E-state index contributed by atoms with van der Waals surface area (Å²) in [7, 11) is -4.30. The molecule has 1 unspecified atom stereocenters. The van der Waals surface area contributed by atoms with Gasteiger partial charge in [-0.15, -0.1) is 11.8 Å². The van der Waals surface area contributed by atoms with Crippen LogP contribution in [0.1, 0.15) is 24.8 Å². The third-order valence-electron chi connectivity index (χ3n) is 6.24. The smallest absolute Gasteiger partial charge is 0.459 e. The topological polar surface area (TPSA) is 155 Å². The van der Waals surface area contributed by atoms with Gasteiger partial charge in [-0.1, -0.05) is 62.4 Å². The predicted octanol–water partition coefficient (Wildman–Crippen LogP) is 3.70. The Morgan fingerprint density at radius 3 is 2.46 bits per heavy atom. The van der Waals surface area contributed by atoms with E-state index in [1.54, 1.807) is 44.2 Å². The van der Waals surface area contributed by atoms with Gasteiger partial charge in [0.1, 0.15) is 35.7 Å². The van der Waals surface area contributed by atoms with Crippen molar-refractivity contribution in [2.24, 2.45) is 5.92 Å². The zero-order valence-electron chi connectivity index (χ0n) is 22.4. The van der Waals surface area contributed by atoms with Crippen LogP contribution in [0, 0.1) is 5.92 Å². The highest BCUT2D eigenvalue weighted by Crippen LogP contribution is 2.49. The Morgan fingerprint density at radius 1 is 1.17 bits per heavy atom. The van der Waals surface area contributed by atoms with E-state index in [0.717, 1.165) is 21.9 Å². The first-order valence-corrected chi connectivity index (χ1v) is 15.3. The number of anilines is 1. The molecule has 0 amide bonds. The summed E-state index contributed by atoms with van der Waals surface area (Å²) in [5.74, 6) is -0.870. The van der Waals surface area contributed by atoms with E-state index in [2.05, 4.69) is 10.1 Å². The number of thioether (sulfide) groups is 1. The quantitative estimate of drug-likeness (QED) is 0.204. The Kier molecular flexibility index (Phi) is 10.2. The van der Waals surface area contributed by atoms with E-state index in [0.29, 0.717) is 0 Å². The van der Waals surface area contributed by atoms with Crippen LogP contribution in [0.15, 0.2) is 77.7 Å². The fourth-order valence-corrected chi connectivity index (χ4v) is 7.23. The van der Waals surface area contributed by atoms with Crippen molar-refractivity contribution in [3.05, 3.63) is 89.0 Å². The minimum absolute atomic E-state index is 0.0127. The minimum atomic E-state index is -4.30. The average Bonchev–Trinajstić information content (AvgIpc) is 3.23. The molecule has 4 N–H and O–H groups in total. The number of para-hydroxylation sites is 1. The summed E-state index contributed by atoms with van der Waals surface area (Å²) in [6.07, 6.45) is -2.11. The van der Waals surface area contributed by atoms with Gasteiger partial charge in [-0.05, 0) is 29.7 Å². The second kappa shape index (κ2) is 13.6. The van der Waals surface area contributed by atoms with Gasteiger partial charge in [0.25, 0.3) is 0 Å². The number of aliphatic hydroxyl groups excluding tert-OH is 1. The maximum atomic E-state index is 15.1. The molecule has 0 aliphatic carbocycles. The molecule has 11 nitrogen and oxygen atoms in total. The summed E-state index contributed by atoms with van der Waals surface area (Å²) in [4.78, 5) is 28.9. The fraction of sp³-hybridized carbons (Fsp3) is 0.370. The van der Waals surface area contributed by atoms with Crippen LogP contribution in [0.3, 0.4) is 0 Å². The molecule has 1 aliphatic rings. The maximum Gasteiger partial charge on any atom is 0.459 e. The Labute approximate surface area is 240 Å². The van der Waals surface area contributed by atoms with E-state index >= 15 is 4.39 Å². The van der Waals surface area contributed by atoms with Crippen LogP contribution >= 0.6 is 19.5 Å². The highest BCUT2D eigenvalue weighted by molar-refractivity contribution is 8.00. The molecule has 0 radical (unpaired) electrons. The van der Waals surface area contributed by atoms with Gasteiger partial charge in [0, 0.05) is 6.20 Å². The first-order chi connectivity index (χ1) is 19.6. The van der Waals surface area contributed by atoms with Crippen LogP contribution < -0.4 is 21.0 Å². The number of halogens is 1. The third kappa shape index (κ3) is 7.96. The molecule has 220 valence electrons. The number of esters is 1. The second-order valence-corrected chi connectivity index (χ2v) is 12.7. The number of hydrogen-bond acceptors (Lipinski definition) is 10. The van der Waals surface area contributed by atoms with Crippen molar-refractivity contribution >= 4 is 31.3 Å². The standard InChI is InChI=1S/C27H32FN4O7PS/c1-17(2)23(26(34)37-15-18-9-5-3-6-10-18)31-40(36,39-19-11-7-4-8-12-19)38-16-20-24(33)22(28)25(41-20)32-14-13-21(29)30-27(32)35/h3-14,17,20,22-25,33H,15-16H2,1-2H3,(H,31,36)(H2,29,30,35)/t20-,22+,23+,24-,25-,40?/m1/s1. The molecule has 1 aliphatic heterocycles. The zero-order valence-corrected chi connectivity index (χ0v) is 24.1. The molecule has 41 heavy (non-hydrogen) atoms. The van der Waals surface area contributed by atoms with E-state index in [1.807, 2.05) is 30.3 Å². The number of nitrogens with one attached hydrogen (secondary N) is 1. The number of hydrogen-bond donors (Lipinski definition) is 3. The summed E-state index contributed by atoms with van der Waals surface area (Å²) in [5.41, 5.74) is 5.53. The first kappa shape index (κ1) is 30.7. The number of alkyl halides is 1. The summed E-state index contributed by atoms with van der Waals surface area (Å²) in [6, 6.07) is 17.5. The average molecular weight is 607 g/mol. The lowest BCUT2D eigenvalue weighted by Gasteiger charge is -2.27. The molecule has 2 aromatic carbocycles. The largest absolute Gasteiger partial charge is 0.460 e. The molecule has 1 saturated heterocycles. The van der Waals surface area contributed by atoms with Crippen molar-refractivity contribution in [1.29, 1.82) is 0 Å². The SMILES string of the molecule is CC(C)[C@H](NP(=O)(OC[C@H]1S[C@@H](n2ccc(N)nc2=O)[C@@H](F)[C@@H]1O)Oc1ccccc1)C(=O)OCc1ccccc1. The van der Waals surface area contributed by atoms with Crippen molar-refractivity contribution in [2.75, 3.05) is 12.3 Å². The summed E-state index contributed by atoms with van der Waals surface area (Å²) in [5, 5.41) is 11.2. The molecular weight excluding hydrogens is 574 g/mol. The van der Waals surface area contributed by atoms with Gasteiger partial charge in [-0.3, -0.25) is 13.9 Å². The van der Waals surface area contributed by atoms with E-state index in [4.69, 9.17) is 19.5 Å². The predicted molar refractivity (Wildman–Crippen MR) is 153 cm³/mol. The first-order valence-electron chi connectivity index (χ1n) is 12.9. The van der Waals surface area contributed by atoms with Gasteiger partial charge < -0.3 is 20.1 Å². The molecule has 6 atom stereocenters. The monoisotopic (exact) mass is 606 g/mol. The number of nitrogens with two attached hydrogens (primary N) is 1. The summed E-state index contributed by atoms with van der Waals surface area (Å²) < 4.78 is 47.0. The minimum Gasteiger partial charge on any atom is -0.460 e. The van der Waals surface area contributed by atoms with Gasteiger partial charge in [-0.2, -0.15) is 10.1 Å². The molecule has 0 spiro atoms. The number of carbonyl (C=O) groups is 1. The number of rotatable bonds is 12. The van der Waals surface area contributed by atoms with Gasteiger partial charge in [0.15, 0.2) is 6.17 Å². The molecule has 4 rings (SSSR count). The lowest BCUT2D eigenvalue weighted by molar-refractivity contribution is -0.148. The van der Waals surface area contributed by atoms with Crippen molar-refractivity contribution in [1.82, 2.24) is 14.6 Å². The lowest BCUT2D eigenvalue weighted by Crippen LogP contribution is -2.42. The van der Waals surface area contributed by atoms with Crippen LogP contribution in [0.5, 0.6) is 5.75 Å². The number of aliphatic hydroxyl groups is 1. The van der Waals surface area contributed by atoms with Gasteiger partial charge in [0.05, 0.1) is 11.9 Å². The Balaban J connectivity index is 1.50. The number of ether oxygens (including phenoxy) is 1. The summed E-state index contributed by atoms with van der Waals surface area (Å²) in [6.45, 7) is 3.06. The van der Waals surface area contributed by atoms with Crippen LogP contribution in [-0.4, -0.2) is 50.8 Å². The molecule has 2 heterocycles. The van der Waals surface area contributed by atoms with Crippen LogP contribution in [0.4, 0.5) is 10.2 Å². The summed E-state index contributed by atoms with van der Waals surface area (Å²) >= 11 is 0.920. The fourth-order valence-electron chi connectivity index (χ4n) is 4.03. The highest BCUT2D eigenvalue weighted by Gasteiger charge is 2.47. The molecule has 0 bridgehead atoms. The van der Waals surface area contributed by atoms with Crippen molar-refractivity contribution in [3.63, 3.8) is 0 Å². The van der Waals surface area contributed by atoms with E-state index in [-0.39, 0.29) is 24.1 Å². The number of carbonyl (C=O) groups excluding carboxylic acids is 1. The van der Waals surface area contributed by atoms with Crippen LogP contribution in [0.25, 0.3) is 0 Å². The molecule has 1 fully saturated rings. The Morgan fingerprint density at radius 2 is 1.83 bits per heavy atom. The number of benzene rings is 2. The second-order valence-electron chi connectivity index (χ2n) is 9.68. The van der Waals surface area contributed by atoms with E-state index in [1.165, 1.54) is 12.3 Å². The lowest BCUT2D eigenvalue weighted by atomic mass is 10.1. The normalized spacial score (nSPS) is 22.7. The maximum absolute atomic E-state index is 15.1. The van der Waals surface area contributed by atoms with Gasteiger partial charge >= 0.3 is 19.4 Å². The van der Waals surface area contributed by atoms with Crippen LogP contribution in [-0.2, 0) is 25.2 Å². The Bertz CT molecular complexity index is 1420. The zero-order chi connectivity index (χ0) is 29.6. The van der Waals surface area contributed by atoms with E-state index in [9.17, 15) is 19.3 Å². The van der Waals surface area contributed by atoms with Gasteiger partial charge in [-0.25, -0.2) is 13.8 Å². The van der Waals surface area contributed by atoms with Crippen LogP contribution in [0.2, 0.25) is 0 Å². The molecule has 0 saturated carbocycles. The van der Waals surface area contributed by atoms with Gasteiger partial charge in [0.2, 0.25) is 0 Å². The van der Waals surface area contributed by atoms with Crippen molar-refractivity contribution in [3.8, 4) is 5.75 Å². The third-order valence-corrected chi connectivity index (χ3v) is 9.30. The molecular formula is C27H32FN4O7PS. The molecule has 3 aromatic rings. The molecule has 14 heteroatoms. The number of nitrogen functional groups attached to an aromatic ring is 1. The van der Waals surface area contributed by atoms with Crippen molar-refractivity contribution in [2.45, 2.75) is 49.4 Å². The molecule has 1 aromatic heterocycles. The van der Waals surface area contributed by atoms with E-state index < -0.39 is 55.0 Å². The Hall–Kier alpha value is -3.22. The highest BCUT2D eigenvalue weighted by atomic mass is 32.2.